The van der Waals surface area contributed by atoms with E-state index in [1.54, 1.807) is 0 Å². The number of rotatable bonds is 4. The molecule has 0 aromatic carbocycles. The second-order valence-corrected chi connectivity index (χ2v) is 5.72. The molecule has 0 spiro atoms. The summed E-state index contributed by atoms with van der Waals surface area (Å²) >= 11 is 1.85. The summed E-state index contributed by atoms with van der Waals surface area (Å²) in [7, 11) is 0. The molecule has 0 saturated carbocycles. The van der Waals surface area contributed by atoms with Gasteiger partial charge >= 0.3 is 0 Å². The fourth-order valence-electron chi connectivity index (χ4n) is 0.619. The Labute approximate surface area is 74.6 Å². The Bertz CT molecular complexity index is 96.2. The summed E-state index contributed by atoms with van der Waals surface area (Å²) in [5, 5.41) is 9.14. The molecule has 0 aliphatic rings. The first kappa shape index (κ1) is 11.3. The van der Waals surface area contributed by atoms with Crippen LogP contribution in [0.3, 0.4) is 0 Å². The zero-order valence-corrected chi connectivity index (χ0v) is 8.87. The van der Waals surface area contributed by atoms with Gasteiger partial charge in [-0.15, -0.1) is 0 Å². The molecular formula is C9H20OS. The van der Waals surface area contributed by atoms with Gasteiger partial charge in [0.15, 0.2) is 0 Å². The van der Waals surface area contributed by atoms with Crippen LogP contribution in [0.15, 0.2) is 0 Å². The van der Waals surface area contributed by atoms with Crippen molar-refractivity contribution in [1.29, 1.82) is 0 Å². The molecule has 1 nitrogen and oxygen atoms in total. The molecule has 0 saturated heterocycles. The van der Waals surface area contributed by atoms with E-state index in [0.717, 1.165) is 5.75 Å². The third-order valence-electron chi connectivity index (χ3n) is 1.51. The van der Waals surface area contributed by atoms with Gasteiger partial charge in [0.25, 0.3) is 0 Å². The van der Waals surface area contributed by atoms with Gasteiger partial charge < -0.3 is 5.11 Å². The van der Waals surface area contributed by atoms with Crippen molar-refractivity contribution in [3.63, 3.8) is 0 Å². The second kappa shape index (κ2) is 5.04. The van der Waals surface area contributed by atoms with Gasteiger partial charge in [-0.25, -0.2) is 0 Å². The molecule has 0 radical (unpaired) electrons. The minimum atomic E-state index is 0.300. The lowest BCUT2D eigenvalue weighted by Crippen LogP contribution is -2.09. The summed E-state index contributed by atoms with van der Waals surface area (Å²) in [5.74, 6) is 1.16. The van der Waals surface area contributed by atoms with Crippen molar-refractivity contribution in [2.24, 2.45) is 5.41 Å². The summed E-state index contributed by atoms with van der Waals surface area (Å²) in [6.07, 6.45) is 1.22. The number of hydrogen-bond donors (Lipinski definition) is 1. The fourth-order valence-corrected chi connectivity index (χ4v) is 1.86. The maximum atomic E-state index is 8.74. The van der Waals surface area contributed by atoms with Crippen LogP contribution in [-0.4, -0.2) is 22.7 Å². The van der Waals surface area contributed by atoms with Crippen LogP contribution in [0.1, 0.15) is 34.1 Å². The normalized spacial score (nSPS) is 15.0. The van der Waals surface area contributed by atoms with Gasteiger partial charge in [0.05, 0.1) is 6.61 Å². The van der Waals surface area contributed by atoms with Crippen molar-refractivity contribution in [2.45, 2.75) is 39.4 Å². The van der Waals surface area contributed by atoms with E-state index in [2.05, 4.69) is 27.7 Å². The van der Waals surface area contributed by atoms with E-state index in [4.69, 9.17) is 5.11 Å². The van der Waals surface area contributed by atoms with E-state index in [0.29, 0.717) is 17.3 Å². The molecule has 0 aliphatic heterocycles. The minimum absolute atomic E-state index is 0.300. The smallest absolute Gasteiger partial charge is 0.0547 e. The van der Waals surface area contributed by atoms with Crippen LogP contribution < -0.4 is 0 Å². The van der Waals surface area contributed by atoms with Gasteiger partial charge in [-0.05, 0) is 17.6 Å². The molecule has 0 aliphatic carbocycles. The van der Waals surface area contributed by atoms with E-state index >= 15 is 0 Å². The molecular weight excluding hydrogens is 156 g/mol. The highest BCUT2D eigenvalue weighted by Gasteiger charge is 2.10. The first-order valence-corrected chi connectivity index (χ1v) is 5.23. The topological polar surface area (TPSA) is 20.2 Å². The first-order chi connectivity index (χ1) is 4.95. The van der Waals surface area contributed by atoms with Gasteiger partial charge in [-0.3, -0.25) is 0 Å². The standard InChI is InChI=1S/C9H20OS/c1-8(7-10)11-6-5-9(2,3)4/h8,10H,5-7H2,1-4H3. The maximum Gasteiger partial charge on any atom is 0.0547 e. The second-order valence-electron chi connectivity index (χ2n) is 4.17. The Morgan fingerprint density at radius 1 is 1.36 bits per heavy atom. The summed E-state index contributed by atoms with van der Waals surface area (Å²) in [6.45, 7) is 9.10. The van der Waals surface area contributed by atoms with Crippen LogP contribution >= 0.6 is 11.8 Å². The Hall–Kier alpha value is 0.310. The molecule has 0 bridgehead atoms. The van der Waals surface area contributed by atoms with Crippen molar-refractivity contribution in [2.75, 3.05) is 12.4 Å². The molecule has 0 fully saturated rings. The van der Waals surface area contributed by atoms with E-state index in [1.165, 1.54) is 6.42 Å². The van der Waals surface area contributed by atoms with E-state index in [-0.39, 0.29) is 0 Å². The average molecular weight is 176 g/mol. The SMILES string of the molecule is CC(CO)SCCC(C)(C)C. The van der Waals surface area contributed by atoms with Crippen LogP contribution in [0, 0.1) is 5.41 Å². The van der Waals surface area contributed by atoms with Crippen LogP contribution in [-0.2, 0) is 0 Å². The Kier molecular flexibility index (Phi) is 5.19. The van der Waals surface area contributed by atoms with Crippen molar-refractivity contribution in [3.8, 4) is 0 Å². The summed E-state index contributed by atoms with van der Waals surface area (Å²) in [6, 6.07) is 0. The van der Waals surface area contributed by atoms with Crippen molar-refractivity contribution < 1.29 is 5.11 Å². The average Bonchev–Trinajstić information content (AvgIpc) is 1.85. The van der Waals surface area contributed by atoms with E-state index in [9.17, 15) is 0 Å². The lowest BCUT2D eigenvalue weighted by Gasteiger charge is -2.18. The zero-order valence-electron chi connectivity index (χ0n) is 8.05. The Morgan fingerprint density at radius 2 is 1.91 bits per heavy atom. The van der Waals surface area contributed by atoms with Crippen LogP contribution in [0.2, 0.25) is 0 Å². The molecule has 0 amide bonds. The van der Waals surface area contributed by atoms with Gasteiger partial charge in [0.1, 0.15) is 0 Å². The monoisotopic (exact) mass is 176 g/mol. The van der Waals surface area contributed by atoms with Gasteiger partial charge in [0.2, 0.25) is 0 Å². The van der Waals surface area contributed by atoms with Crippen molar-refractivity contribution >= 4 is 11.8 Å². The molecule has 1 unspecified atom stereocenters. The zero-order chi connectivity index (χ0) is 8.91. The highest BCUT2D eigenvalue weighted by molar-refractivity contribution is 7.99. The minimum Gasteiger partial charge on any atom is -0.395 e. The van der Waals surface area contributed by atoms with Crippen LogP contribution in [0.4, 0.5) is 0 Å². The van der Waals surface area contributed by atoms with Crippen molar-refractivity contribution in [1.82, 2.24) is 0 Å². The molecule has 0 heterocycles. The molecule has 0 aromatic rings. The largest absolute Gasteiger partial charge is 0.395 e. The number of hydrogen-bond acceptors (Lipinski definition) is 2. The van der Waals surface area contributed by atoms with Crippen LogP contribution in [0.25, 0.3) is 0 Å². The predicted octanol–water partition coefficient (Wildman–Crippen LogP) is 2.54. The molecule has 1 atom stereocenters. The molecule has 68 valence electrons. The quantitative estimate of drug-likeness (QED) is 0.710. The van der Waals surface area contributed by atoms with Gasteiger partial charge in [-0.1, -0.05) is 27.7 Å². The lowest BCUT2D eigenvalue weighted by molar-refractivity contribution is 0.299. The summed E-state index contributed by atoms with van der Waals surface area (Å²) in [5.41, 5.74) is 0.433. The van der Waals surface area contributed by atoms with Crippen molar-refractivity contribution in [3.05, 3.63) is 0 Å². The van der Waals surface area contributed by atoms with E-state index in [1.807, 2.05) is 11.8 Å². The Morgan fingerprint density at radius 3 is 2.27 bits per heavy atom. The molecule has 0 rings (SSSR count). The van der Waals surface area contributed by atoms with Gasteiger partial charge in [0, 0.05) is 5.25 Å². The molecule has 0 aromatic heterocycles. The number of aliphatic hydroxyl groups is 1. The third kappa shape index (κ3) is 8.21. The first-order valence-electron chi connectivity index (χ1n) is 4.18. The maximum absolute atomic E-state index is 8.74. The summed E-state index contributed by atoms with van der Waals surface area (Å²) in [4.78, 5) is 0. The summed E-state index contributed by atoms with van der Waals surface area (Å²) < 4.78 is 0. The third-order valence-corrected chi connectivity index (χ3v) is 2.67. The highest BCUT2D eigenvalue weighted by atomic mass is 32.2. The number of thioether (sulfide) groups is 1. The molecule has 11 heavy (non-hydrogen) atoms. The fraction of sp³-hybridized carbons (Fsp3) is 1.00. The lowest BCUT2D eigenvalue weighted by atomic mass is 9.94. The van der Waals surface area contributed by atoms with Gasteiger partial charge in [-0.2, -0.15) is 11.8 Å². The number of aliphatic hydroxyl groups excluding tert-OH is 1. The molecule has 2 heteroatoms. The van der Waals surface area contributed by atoms with Crippen LogP contribution in [0.5, 0.6) is 0 Å². The predicted molar refractivity (Wildman–Crippen MR) is 53.1 cm³/mol. The Balaban J connectivity index is 3.28. The molecule has 1 N–H and O–H groups in total. The highest BCUT2D eigenvalue weighted by Crippen LogP contribution is 2.22. The van der Waals surface area contributed by atoms with E-state index < -0.39 is 0 Å².